The molecule has 0 fully saturated rings. The number of halogens is 6. The van der Waals surface area contributed by atoms with Crippen molar-refractivity contribution in [1.82, 2.24) is 14.5 Å². The van der Waals surface area contributed by atoms with E-state index in [4.69, 9.17) is 0 Å². The fraction of sp³-hybridized carbons (Fsp3) is 0.522. The van der Waals surface area contributed by atoms with Crippen LogP contribution in [0.15, 0.2) is 28.0 Å². The molecule has 0 radical (unpaired) electrons. The fourth-order valence-electron chi connectivity index (χ4n) is 4.08. The molecule has 0 aliphatic heterocycles. The van der Waals surface area contributed by atoms with Gasteiger partial charge >= 0.3 is 18.0 Å². The van der Waals surface area contributed by atoms with Crippen LogP contribution in [0.5, 0.6) is 0 Å². The van der Waals surface area contributed by atoms with Crippen molar-refractivity contribution in [2.24, 2.45) is 0 Å². The number of nitrogens with one attached hydrogen (secondary N) is 1. The van der Waals surface area contributed by atoms with Crippen LogP contribution in [0.2, 0.25) is 0 Å². The van der Waals surface area contributed by atoms with Gasteiger partial charge in [-0.15, -0.1) is 0 Å². The van der Waals surface area contributed by atoms with Crippen LogP contribution >= 0.6 is 11.8 Å². The zero-order valence-electron chi connectivity index (χ0n) is 19.7. The average Bonchev–Trinajstić information content (AvgIpc) is 3.28. The van der Waals surface area contributed by atoms with Crippen LogP contribution in [0.3, 0.4) is 0 Å². The van der Waals surface area contributed by atoms with Gasteiger partial charge in [0.05, 0.1) is 16.9 Å². The standard InChI is InChI=1S/C23H26F6N4O2S/c1-3-32(4-2)8-9-33-18-7-5-6-17(18)20(31-21(33)35)36-13-19(34)30-16-11-14(22(24,25)26)10-15(12-16)23(27,28)29/h10-12H,3-9,13H2,1-2H3,(H,30,34). The lowest BCUT2D eigenvalue weighted by Gasteiger charge is -2.20. The Morgan fingerprint density at radius 1 is 1.06 bits per heavy atom. The number of rotatable bonds is 9. The molecule has 0 saturated heterocycles. The minimum absolute atomic E-state index is 0.00708. The van der Waals surface area contributed by atoms with Crippen molar-refractivity contribution < 1.29 is 31.1 Å². The second-order valence-corrected chi connectivity index (χ2v) is 9.25. The Morgan fingerprint density at radius 2 is 1.67 bits per heavy atom. The predicted molar refractivity (Wildman–Crippen MR) is 124 cm³/mol. The molecule has 0 atom stereocenters. The van der Waals surface area contributed by atoms with E-state index in [1.807, 2.05) is 13.8 Å². The van der Waals surface area contributed by atoms with Crippen LogP contribution in [0, 0.1) is 0 Å². The second kappa shape index (κ2) is 11.2. The Balaban J connectivity index is 1.75. The first-order valence-corrected chi connectivity index (χ1v) is 12.4. The zero-order valence-corrected chi connectivity index (χ0v) is 20.5. The third kappa shape index (κ3) is 6.81. The number of alkyl halides is 6. The number of thioether (sulfide) groups is 1. The van der Waals surface area contributed by atoms with Crippen molar-refractivity contribution in [3.8, 4) is 0 Å². The van der Waals surface area contributed by atoms with Crippen LogP contribution in [0.25, 0.3) is 0 Å². The second-order valence-electron chi connectivity index (χ2n) is 8.29. The molecular formula is C23H26F6N4O2S. The minimum Gasteiger partial charge on any atom is -0.325 e. The van der Waals surface area contributed by atoms with Crippen LogP contribution in [-0.4, -0.2) is 45.7 Å². The van der Waals surface area contributed by atoms with Crippen LogP contribution in [-0.2, 0) is 36.5 Å². The molecule has 2 aromatic rings. The molecule has 0 spiro atoms. The first-order chi connectivity index (χ1) is 16.8. The summed E-state index contributed by atoms with van der Waals surface area (Å²) in [6.07, 6.45) is -7.86. The molecule has 3 rings (SSSR count). The SMILES string of the molecule is CCN(CC)CCn1c2c(c(SCC(=O)Nc3cc(C(F)(F)F)cc(C(F)(F)F)c3)nc1=O)CCC2. The number of likely N-dealkylation sites (N-methyl/N-ethyl adjacent to an activating group) is 1. The van der Waals surface area contributed by atoms with Crippen LogP contribution in [0.4, 0.5) is 32.0 Å². The summed E-state index contributed by atoms with van der Waals surface area (Å²) in [5.74, 6) is -1.15. The molecule has 6 nitrogen and oxygen atoms in total. The smallest absolute Gasteiger partial charge is 0.325 e. The molecular weight excluding hydrogens is 510 g/mol. The highest BCUT2D eigenvalue weighted by Crippen LogP contribution is 2.37. The van der Waals surface area contributed by atoms with Crippen LogP contribution in [0.1, 0.15) is 42.7 Å². The van der Waals surface area contributed by atoms with Crippen molar-refractivity contribution >= 4 is 23.4 Å². The van der Waals surface area contributed by atoms with Crippen LogP contribution < -0.4 is 11.0 Å². The van der Waals surface area contributed by atoms with Gasteiger partial charge in [0, 0.05) is 30.0 Å². The van der Waals surface area contributed by atoms with Crippen molar-refractivity contribution in [1.29, 1.82) is 0 Å². The van der Waals surface area contributed by atoms with E-state index in [2.05, 4.69) is 15.2 Å². The van der Waals surface area contributed by atoms with Gasteiger partial charge in [0.25, 0.3) is 0 Å². The Labute approximate surface area is 208 Å². The maximum absolute atomic E-state index is 13.1. The quantitative estimate of drug-likeness (QED) is 0.282. The molecule has 1 N–H and O–H groups in total. The van der Waals surface area contributed by atoms with Gasteiger partial charge in [-0.05, 0) is 50.6 Å². The van der Waals surface area contributed by atoms with Crippen molar-refractivity contribution in [2.75, 3.05) is 30.7 Å². The predicted octanol–water partition coefficient (Wildman–Crippen LogP) is 4.84. The lowest BCUT2D eigenvalue weighted by atomic mass is 10.1. The zero-order chi connectivity index (χ0) is 26.7. The summed E-state index contributed by atoms with van der Waals surface area (Å²) >= 11 is 0.938. The van der Waals surface area contributed by atoms with E-state index < -0.39 is 40.8 Å². The summed E-state index contributed by atoms with van der Waals surface area (Å²) in [4.78, 5) is 31.4. The number of fused-ring (bicyclic) bond motifs is 1. The fourth-order valence-corrected chi connectivity index (χ4v) is 4.95. The van der Waals surface area contributed by atoms with E-state index in [9.17, 15) is 35.9 Å². The van der Waals surface area contributed by atoms with Gasteiger partial charge in [0.1, 0.15) is 5.03 Å². The Kier molecular flexibility index (Phi) is 8.75. The summed E-state index contributed by atoms with van der Waals surface area (Å²) in [7, 11) is 0. The molecule has 0 bridgehead atoms. The molecule has 1 amide bonds. The average molecular weight is 537 g/mol. The number of carbonyl (C=O) groups is 1. The maximum atomic E-state index is 13.1. The number of benzene rings is 1. The maximum Gasteiger partial charge on any atom is 0.416 e. The normalized spacial score (nSPS) is 13.8. The summed E-state index contributed by atoms with van der Waals surface area (Å²) in [6, 6.07) is 0.891. The Hall–Kier alpha value is -2.54. The van der Waals surface area contributed by atoms with E-state index in [1.165, 1.54) is 0 Å². The molecule has 198 valence electrons. The monoisotopic (exact) mass is 536 g/mol. The Morgan fingerprint density at radius 3 is 2.22 bits per heavy atom. The number of aromatic nitrogens is 2. The number of amides is 1. The Bertz CT molecular complexity index is 1130. The highest BCUT2D eigenvalue weighted by atomic mass is 32.2. The summed E-state index contributed by atoms with van der Waals surface area (Å²) in [5.41, 5.74) is -2.39. The topological polar surface area (TPSA) is 67.2 Å². The van der Waals surface area contributed by atoms with E-state index in [-0.39, 0.29) is 11.8 Å². The van der Waals surface area contributed by atoms with Gasteiger partial charge in [-0.3, -0.25) is 9.36 Å². The minimum atomic E-state index is -5.02. The van der Waals surface area contributed by atoms with Gasteiger partial charge < -0.3 is 10.2 Å². The third-order valence-electron chi connectivity index (χ3n) is 5.95. The summed E-state index contributed by atoms with van der Waals surface area (Å²) < 4.78 is 80.0. The van der Waals surface area contributed by atoms with E-state index in [0.29, 0.717) is 43.1 Å². The van der Waals surface area contributed by atoms with E-state index >= 15 is 0 Å². The van der Waals surface area contributed by atoms with Gasteiger partial charge in [-0.1, -0.05) is 25.6 Å². The van der Waals surface area contributed by atoms with Gasteiger partial charge in [-0.2, -0.15) is 31.3 Å². The third-order valence-corrected chi connectivity index (χ3v) is 6.96. The highest BCUT2D eigenvalue weighted by Gasteiger charge is 2.37. The molecule has 1 aromatic carbocycles. The molecule has 1 aliphatic rings. The molecule has 36 heavy (non-hydrogen) atoms. The van der Waals surface area contributed by atoms with Gasteiger partial charge in [-0.25, -0.2) is 4.79 Å². The lowest BCUT2D eigenvalue weighted by Crippen LogP contribution is -2.34. The number of anilines is 1. The van der Waals surface area contributed by atoms with Gasteiger partial charge in [0.15, 0.2) is 0 Å². The number of nitrogens with zero attached hydrogens (tertiary/aromatic N) is 3. The largest absolute Gasteiger partial charge is 0.416 e. The highest BCUT2D eigenvalue weighted by molar-refractivity contribution is 8.00. The number of carbonyl (C=O) groups excluding carboxylic acids is 1. The van der Waals surface area contributed by atoms with Crippen molar-refractivity contribution in [3.63, 3.8) is 0 Å². The molecule has 1 aromatic heterocycles. The first-order valence-electron chi connectivity index (χ1n) is 11.4. The number of hydrogen-bond acceptors (Lipinski definition) is 5. The summed E-state index contributed by atoms with van der Waals surface area (Å²) in [5, 5.41) is 2.46. The molecule has 1 heterocycles. The molecule has 1 aliphatic carbocycles. The van der Waals surface area contributed by atoms with Crippen molar-refractivity contribution in [3.05, 3.63) is 51.1 Å². The number of hydrogen-bond donors (Lipinski definition) is 1. The summed E-state index contributed by atoms with van der Waals surface area (Å²) in [6.45, 7) is 6.93. The van der Waals surface area contributed by atoms with E-state index in [1.54, 1.807) is 4.57 Å². The van der Waals surface area contributed by atoms with Crippen molar-refractivity contribution in [2.45, 2.75) is 57.0 Å². The molecule has 0 unspecified atom stereocenters. The lowest BCUT2D eigenvalue weighted by molar-refractivity contribution is -0.143. The first kappa shape index (κ1) is 28.0. The molecule has 13 heteroatoms. The van der Waals surface area contributed by atoms with Gasteiger partial charge in [0.2, 0.25) is 5.91 Å². The van der Waals surface area contributed by atoms with E-state index in [0.717, 1.165) is 42.5 Å². The molecule has 0 saturated carbocycles.